The molecule has 26 heavy (non-hydrogen) atoms. The van der Waals surface area contributed by atoms with E-state index in [2.05, 4.69) is 32.1 Å². The molecule has 1 aliphatic heterocycles. The summed E-state index contributed by atoms with van der Waals surface area (Å²) in [4.78, 5) is 32.0. The van der Waals surface area contributed by atoms with E-state index in [0.717, 1.165) is 40.5 Å². The molecule has 6 heteroatoms. The van der Waals surface area contributed by atoms with Gasteiger partial charge in [-0.2, -0.15) is 0 Å². The van der Waals surface area contributed by atoms with E-state index in [1.807, 2.05) is 40.1 Å². The molecule has 6 nitrogen and oxygen atoms in total. The Bertz CT molecular complexity index is 943. The van der Waals surface area contributed by atoms with Gasteiger partial charge in [0.1, 0.15) is 12.2 Å². The molecule has 2 aromatic rings. The third kappa shape index (κ3) is 2.44. The van der Waals surface area contributed by atoms with Crippen LogP contribution in [0.5, 0.6) is 0 Å². The number of aryl methyl sites for hydroxylation is 2. The Hall–Kier alpha value is -2.89. The topological polar surface area (TPSA) is 71.9 Å². The average molecular weight is 347 g/mol. The zero-order valence-electron chi connectivity index (χ0n) is 15.4. The van der Waals surface area contributed by atoms with Crippen molar-refractivity contribution >= 4 is 17.2 Å². The second-order valence-electron chi connectivity index (χ2n) is 7.39. The van der Waals surface area contributed by atoms with Crippen LogP contribution in [0.2, 0.25) is 0 Å². The maximum Gasteiger partial charge on any atom is 0.237 e. The molecule has 2 aromatic heterocycles. The number of hydrogen-bond donors (Lipinski definition) is 0. The van der Waals surface area contributed by atoms with Crippen LogP contribution in [0, 0.1) is 25.2 Å². The number of carbonyl (C=O) groups excluding carboxylic acids is 1. The molecule has 0 spiro atoms. The van der Waals surface area contributed by atoms with Gasteiger partial charge in [0.05, 0.1) is 23.0 Å². The highest BCUT2D eigenvalue weighted by atomic mass is 16.2. The Morgan fingerprint density at radius 1 is 1.12 bits per heavy atom. The van der Waals surface area contributed by atoms with E-state index in [-0.39, 0.29) is 11.8 Å². The number of allylic oxidation sites excluding steroid dienone is 4. The van der Waals surface area contributed by atoms with Crippen molar-refractivity contribution in [1.82, 2.24) is 19.9 Å². The first-order valence-corrected chi connectivity index (χ1v) is 8.71. The van der Waals surface area contributed by atoms with Crippen LogP contribution in [0.3, 0.4) is 0 Å². The highest BCUT2D eigenvalue weighted by Crippen LogP contribution is 2.50. The molecule has 0 bridgehead atoms. The number of hydrogen-bond acceptors (Lipinski definition) is 5. The number of nitrogens with zero attached hydrogens (tertiary/aromatic N) is 5. The van der Waals surface area contributed by atoms with Gasteiger partial charge in [-0.1, -0.05) is 19.9 Å². The third-order valence-corrected chi connectivity index (χ3v) is 5.36. The van der Waals surface area contributed by atoms with Crippen molar-refractivity contribution in [2.75, 3.05) is 4.90 Å². The fraction of sp³-hybridized carbons (Fsp3) is 0.350. The third-order valence-electron chi connectivity index (χ3n) is 5.36. The zero-order chi connectivity index (χ0) is 18.5. The van der Waals surface area contributed by atoms with E-state index in [1.165, 1.54) is 6.33 Å². The first-order valence-electron chi connectivity index (χ1n) is 8.71. The van der Waals surface area contributed by atoms with E-state index < -0.39 is 5.41 Å². The lowest BCUT2D eigenvalue weighted by Gasteiger charge is -2.26. The predicted octanol–water partition coefficient (Wildman–Crippen LogP) is 3.24. The van der Waals surface area contributed by atoms with Crippen LogP contribution in [0.15, 0.2) is 42.8 Å². The highest BCUT2D eigenvalue weighted by Gasteiger charge is 2.51. The van der Waals surface area contributed by atoms with E-state index >= 15 is 0 Å². The fourth-order valence-corrected chi connectivity index (χ4v) is 3.72. The van der Waals surface area contributed by atoms with Gasteiger partial charge < -0.3 is 0 Å². The average Bonchev–Trinajstić information content (AvgIpc) is 2.82. The normalized spacial score (nSPS) is 21.3. The Morgan fingerprint density at radius 3 is 2.54 bits per heavy atom. The lowest BCUT2D eigenvalue weighted by molar-refractivity contribution is -0.125. The Morgan fingerprint density at radius 2 is 1.85 bits per heavy atom. The van der Waals surface area contributed by atoms with Crippen LogP contribution in [-0.4, -0.2) is 25.8 Å². The van der Waals surface area contributed by atoms with Gasteiger partial charge in [0.2, 0.25) is 5.91 Å². The molecule has 1 amide bonds. The second kappa shape index (κ2) is 5.83. The molecule has 0 N–H and O–H groups in total. The lowest BCUT2D eigenvalue weighted by Crippen LogP contribution is -2.31. The highest BCUT2D eigenvalue weighted by molar-refractivity contribution is 6.05. The van der Waals surface area contributed by atoms with Crippen molar-refractivity contribution in [3.8, 4) is 0 Å². The number of rotatable bonds is 2. The van der Waals surface area contributed by atoms with Crippen LogP contribution in [-0.2, 0) is 4.79 Å². The van der Waals surface area contributed by atoms with Crippen LogP contribution in [0.1, 0.15) is 37.4 Å². The molecule has 3 heterocycles. The van der Waals surface area contributed by atoms with Crippen LogP contribution < -0.4 is 4.90 Å². The predicted molar refractivity (Wildman–Crippen MR) is 99.0 cm³/mol. The molecule has 1 fully saturated rings. The van der Waals surface area contributed by atoms with E-state index in [9.17, 15) is 4.79 Å². The molecule has 4 rings (SSSR count). The van der Waals surface area contributed by atoms with Crippen molar-refractivity contribution in [2.45, 2.75) is 34.1 Å². The van der Waals surface area contributed by atoms with E-state index in [1.54, 1.807) is 11.1 Å². The molecule has 2 aliphatic rings. The summed E-state index contributed by atoms with van der Waals surface area (Å²) in [5.41, 5.74) is 4.07. The summed E-state index contributed by atoms with van der Waals surface area (Å²) in [7, 11) is 0. The van der Waals surface area contributed by atoms with Crippen LogP contribution >= 0.6 is 0 Å². The Labute approximate surface area is 152 Å². The van der Waals surface area contributed by atoms with Crippen LogP contribution in [0.4, 0.5) is 5.69 Å². The summed E-state index contributed by atoms with van der Waals surface area (Å²) >= 11 is 0. The Balaban J connectivity index is 1.82. The number of anilines is 1. The van der Waals surface area contributed by atoms with Gasteiger partial charge in [-0.05, 0) is 31.9 Å². The molecule has 0 aromatic carbocycles. The molecule has 0 radical (unpaired) electrons. The van der Waals surface area contributed by atoms with E-state index in [4.69, 9.17) is 0 Å². The molecule has 132 valence electrons. The number of amides is 1. The standard InChI is InChI=1S/C20H21N5O/c1-12-18(10-21-11-24-12)25-17-7-14(15-8-22-13(2)23-9-15)5-6-16(17)20(3,4)19(25)26/h5,7-11,16H,6H2,1-4H3. The van der Waals surface area contributed by atoms with E-state index in [0.29, 0.717) is 0 Å². The molecule has 1 atom stereocenters. The summed E-state index contributed by atoms with van der Waals surface area (Å²) in [5, 5.41) is 0. The number of aromatic nitrogens is 4. The lowest BCUT2D eigenvalue weighted by atomic mass is 9.75. The molecular weight excluding hydrogens is 326 g/mol. The van der Waals surface area contributed by atoms with Gasteiger partial charge in [0, 0.05) is 29.6 Å². The first kappa shape index (κ1) is 16.6. The zero-order valence-corrected chi connectivity index (χ0v) is 15.4. The number of fused-ring (bicyclic) bond motifs is 1. The monoisotopic (exact) mass is 347 g/mol. The fourth-order valence-electron chi connectivity index (χ4n) is 3.72. The maximum absolute atomic E-state index is 13.2. The molecule has 1 saturated heterocycles. The smallest absolute Gasteiger partial charge is 0.237 e. The Kier molecular flexibility index (Phi) is 3.72. The second-order valence-corrected chi connectivity index (χ2v) is 7.39. The SMILES string of the molecule is Cc1ncc(C2=CCC3C(=C2)N(c2cncnc2C)C(=O)C3(C)C)cn1. The summed E-state index contributed by atoms with van der Waals surface area (Å²) in [5.74, 6) is 0.956. The largest absolute Gasteiger partial charge is 0.281 e. The quantitative estimate of drug-likeness (QED) is 0.834. The van der Waals surface area contributed by atoms with Gasteiger partial charge in [0.15, 0.2) is 0 Å². The summed E-state index contributed by atoms with van der Waals surface area (Å²) in [6.07, 6.45) is 11.9. The molecule has 0 saturated carbocycles. The molecular formula is C20H21N5O. The summed E-state index contributed by atoms with van der Waals surface area (Å²) in [6, 6.07) is 0. The van der Waals surface area contributed by atoms with Crippen molar-refractivity contribution < 1.29 is 4.79 Å². The van der Waals surface area contributed by atoms with Gasteiger partial charge >= 0.3 is 0 Å². The summed E-state index contributed by atoms with van der Waals surface area (Å²) in [6.45, 7) is 7.80. The van der Waals surface area contributed by atoms with Gasteiger partial charge in [0.25, 0.3) is 0 Å². The van der Waals surface area contributed by atoms with Crippen molar-refractivity contribution in [1.29, 1.82) is 0 Å². The minimum atomic E-state index is -0.472. The van der Waals surface area contributed by atoms with Crippen molar-refractivity contribution in [3.05, 3.63) is 59.8 Å². The van der Waals surface area contributed by atoms with Gasteiger partial charge in [-0.15, -0.1) is 0 Å². The van der Waals surface area contributed by atoms with Crippen LogP contribution in [0.25, 0.3) is 5.57 Å². The summed E-state index contributed by atoms with van der Waals surface area (Å²) < 4.78 is 0. The molecule has 1 aliphatic carbocycles. The van der Waals surface area contributed by atoms with Crippen molar-refractivity contribution in [3.63, 3.8) is 0 Å². The molecule has 1 unspecified atom stereocenters. The first-order chi connectivity index (χ1) is 12.4. The minimum absolute atomic E-state index is 0.0847. The number of carbonyl (C=O) groups is 1. The van der Waals surface area contributed by atoms with Gasteiger partial charge in [-0.25, -0.2) is 19.9 Å². The maximum atomic E-state index is 13.2. The van der Waals surface area contributed by atoms with Crippen molar-refractivity contribution in [2.24, 2.45) is 11.3 Å². The van der Waals surface area contributed by atoms with Gasteiger partial charge in [-0.3, -0.25) is 9.69 Å². The minimum Gasteiger partial charge on any atom is -0.281 e.